The van der Waals surface area contributed by atoms with Crippen molar-refractivity contribution in [3.05, 3.63) is 77.0 Å². The zero-order valence-electron chi connectivity index (χ0n) is 23.6. The summed E-state index contributed by atoms with van der Waals surface area (Å²) in [6.07, 6.45) is -0.799. The standard InChI is InChI=1S/C28H31ClF4N6O3S/c1-38(2)15-27(40)39(3)24-12-18(17-5-4-6-19(11-17)28(31,32)33)7-8-22(24)36-23-14-21(30)25(13-20(23)29)43(41,42)37-26-9-10-34-16-35-26/h4-6,9-11,13-14,16,18,22,24,36H,7-8,12,15H2,1-3H3,(H,34,35,37)/t18-,22-,24-/m0/s1. The van der Waals surface area contributed by atoms with E-state index in [-0.39, 0.29) is 34.9 Å². The van der Waals surface area contributed by atoms with Crippen molar-refractivity contribution in [3.8, 4) is 0 Å². The number of carbonyl (C=O) groups is 1. The molecule has 4 rings (SSSR count). The fourth-order valence-electron chi connectivity index (χ4n) is 5.17. The van der Waals surface area contributed by atoms with Gasteiger partial charge in [0.15, 0.2) is 0 Å². The third-order valence-corrected chi connectivity index (χ3v) is 9.00. The van der Waals surface area contributed by atoms with Crippen molar-refractivity contribution in [1.82, 2.24) is 19.8 Å². The van der Waals surface area contributed by atoms with E-state index in [4.69, 9.17) is 11.6 Å². The zero-order chi connectivity index (χ0) is 31.5. The van der Waals surface area contributed by atoms with Gasteiger partial charge in [-0.1, -0.05) is 29.8 Å². The van der Waals surface area contributed by atoms with Crippen LogP contribution in [0.2, 0.25) is 5.02 Å². The van der Waals surface area contributed by atoms with E-state index >= 15 is 4.39 Å². The molecule has 9 nitrogen and oxygen atoms in total. The number of aromatic nitrogens is 2. The van der Waals surface area contributed by atoms with Gasteiger partial charge in [-0.15, -0.1) is 0 Å². The van der Waals surface area contributed by atoms with Crippen molar-refractivity contribution in [1.29, 1.82) is 0 Å². The molecule has 1 fully saturated rings. The first kappa shape index (κ1) is 32.4. The number of sulfonamides is 1. The van der Waals surface area contributed by atoms with Crippen LogP contribution < -0.4 is 10.0 Å². The number of nitrogens with one attached hydrogen (secondary N) is 2. The molecule has 1 aliphatic carbocycles. The van der Waals surface area contributed by atoms with E-state index in [0.29, 0.717) is 24.8 Å². The third-order valence-electron chi connectivity index (χ3n) is 7.32. The van der Waals surface area contributed by atoms with Crippen LogP contribution in [0, 0.1) is 5.82 Å². The number of carbonyl (C=O) groups excluding carboxylic acids is 1. The Morgan fingerprint density at radius 3 is 2.51 bits per heavy atom. The molecule has 232 valence electrons. The van der Waals surface area contributed by atoms with Crippen molar-refractivity contribution in [3.63, 3.8) is 0 Å². The Labute approximate surface area is 252 Å². The zero-order valence-corrected chi connectivity index (χ0v) is 25.1. The molecule has 0 spiro atoms. The highest BCUT2D eigenvalue weighted by Crippen LogP contribution is 2.40. The Morgan fingerprint density at radius 2 is 1.86 bits per heavy atom. The molecule has 1 aliphatic rings. The van der Waals surface area contributed by atoms with Crippen molar-refractivity contribution >= 4 is 39.0 Å². The number of alkyl halides is 3. The molecule has 1 aromatic heterocycles. The van der Waals surface area contributed by atoms with Gasteiger partial charge in [0.25, 0.3) is 10.0 Å². The van der Waals surface area contributed by atoms with E-state index in [2.05, 4.69) is 20.0 Å². The molecule has 1 heterocycles. The second-order valence-corrected chi connectivity index (χ2v) is 12.7. The molecule has 15 heteroatoms. The number of hydrogen-bond acceptors (Lipinski definition) is 7. The third kappa shape index (κ3) is 7.92. The number of rotatable bonds is 9. The van der Waals surface area contributed by atoms with E-state index in [9.17, 15) is 26.4 Å². The first-order chi connectivity index (χ1) is 20.2. The predicted molar refractivity (Wildman–Crippen MR) is 155 cm³/mol. The minimum absolute atomic E-state index is 0.0569. The Balaban J connectivity index is 1.61. The summed E-state index contributed by atoms with van der Waals surface area (Å²) in [7, 11) is 0.724. The summed E-state index contributed by atoms with van der Waals surface area (Å²) >= 11 is 6.43. The minimum Gasteiger partial charge on any atom is -0.379 e. The fourth-order valence-corrected chi connectivity index (χ4v) is 6.55. The molecule has 1 saturated carbocycles. The van der Waals surface area contributed by atoms with Gasteiger partial charge in [-0.05, 0) is 69.1 Å². The van der Waals surface area contributed by atoms with Crippen LogP contribution >= 0.6 is 11.6 Å². The maximum atomic E-state index is 15.2. The SMILES string of the molecule is CN(C)CC(=O)N(C)[C@H]1C[C@@H](c2cccc(C(F)(F)F)c2)CC[C@@H]1Nc1cc(F)c(S(=O)(=O)Nc2ccncn2)cc1Cl. The Hall–Kier alpha value is -3.49. The summed E-state index contributed by atoms with van der Waals surface area (Å²) in [6, 6.07) is 7.46. The van der Waals surface area contributed by atoms with Crippen LogP contribution in [0.3, 0.4) is 0 Å². The summed E-state index contributed by atoms with van der Waals surface area (Å²) in [5.41, 5.74) is -0.118. The van der Waals surface area contributed by atoms with Crippen LogP contribution in [0.5, 0.6) is 0 Å². The topological polar surface area (TPSA) is 108 Å². The molecule has 1 amide bonds. The number of hydrogen-bond donors (Lipinski definition) is 2. The summed E-state index contributed by atoms with van der Waals surface area (Å²) in [4.78, 5) is 23.1. The van der Waals surface area contributed by atoms with Crippen molar-refractivity contribution < 1.29 is 30.8 Å². The number of likely N-dealkylation sites (N-methyl/N-ethyl adjacent to an activating group) is 2. The largest absolute Gasteiger partial charge is 0.416 e. The highest BCUT2D eigenvalue weighted by atomic mass is 35.5. The van der Waals surface area contributed by atoms with Crippen molar-refractivity contribution in [2.24, 2.45) is 0 Å². The van der Waals surface area contributed by atoms with Crippen LogP contribution in [0.1, 0.15) is 36.3 Å². The first-order valence-corrected chi connectivity index (χ1v) is 15.1. The summed E-state index contributed by atoms with van der Waals surface area (Å²) in [6.45, 7) is 0.106. The Bertz CT molecular complexity index is 1560. The average molecular weight is 643 g/mol. The van der Waals surface area contributed by atoms with Crippen LogP contribution in [0.4, 0.5) is 29.1 Å². The van der Waals surface area contributed by atoms with Crippen LogP contribution in [0.15, 0.2) is 59.9 Å². The number of anilines is 2. The van der Waals surface area contributed by atoms with Crippen LogP contribution in [-0.4, -0.2) is 73.9 Å². The Morgan fingerprint density at radius 1 is 1.12 bits per heavy atom. The lowest BCUT2D eigenvalue weighted by atomic mass is 9.77. The van der Waals surface area contributed by atoms with Gasteiger partial charge < -0.3 is 15.1 Å². The van der Waals surface area contributed by atoms with E-state index in [1.165, 1.54) is 18.3 Å². The minimum atomic E-state index is -4.49. The molecule has 3 atom stereocenters. The van der Waals surface area contributed by atoms with Crippen LogP contribution in [-0.2, 0) is 21.0 Å². The van der Waals surface area contributed by atoms with Gasteiger partial charge >= 0.3 is 6.18 Å². The van der Waals surface area contributed by atoms with Crippen LogP contribution in [0.25, 0.3) is 0 Å². The molecule has 0 radical (unpaired) electrons. The summed E-state index contributed by atoms with van der Waals surface area (Å²) in [5.74, 6) is -1.60. The quantitative estimate of drug-likeness (QED) is 0.308. The molecule has 43 heavy (non-hydrogen) atoms. The molecule has 3 aromatic rings. The van der Waals surface area contributed by atoms with Gasteiger partial charge in [-0.3, -0.25) is 9.52 Å². The van der Waals surface area contributed by atoms with E-state index in [1.54, 1.807) is 37.0 Å². The second-order valence-electron chi connectivity index (χ2n) is 10.7. The molecule has 0 aliphatic heterocycles. The summed E-state index contributed by atoms with van der Waals surface area (Å²) < 4.78 is 83.2. The highest BCUT2D eigenvalue weighted by molar-refractivity contribution is 7.92. The lowest BCUT2D eigenvalue weighted by Gasteiger charge is -2.42. The highest BCUT2D eigenvalue weighted by Gasteiger charge is 2.37. The van der Waals surface area contributed by atoms with E-state index in [0.717, 1.165) is 30.6 Å². The molecule has 2 N–H and O–H groups in total. The number of halogens is 5. The first-order valence-electron chi connectivity index (χ1n) is 13.3. The lowest BCUT2D eigenvalue weighted by Crippen LogP contribution is -2.52. The summed E-state index contributed by atoms with van der Waals surface area (Å²) in [5, 5.41) is 3.09. The fraction of sp³-hybridized carbons (Fsp3) is 0.393. The Kier molecular flexibility index (Phi) is 9.82. The molecule has 0 saturated heterocycles. The second kappa shape index (κ2) is 13.0. The molecular formula is C28H31ClF4N6O3S. The average Bonchev–Trinajstić information content (AvgIpc) is 2.94. The molecule has 0 unspecified atom stereocenters. The normalized spacial score (nSPS) is 19.2. The maximum absolute atomic E-state index is 15.2. The van der Waals surface area contributed by atoms with Crippen molar-refractivity contribution in [2.45, 2.75) is 48.3 Å². The smallest absolute Gasteiger partial charge is 0.379 e. The molecule has 0 bridgehead atoms. The van der Waals surface area contributed by atoms with E-state index < -0.39 is 44.6 Å². The van der Waals surface area contributed by atoms with Gasteiger partial charge in [0.1, 0.15) is 22.9 Å². The van der Waals surface area contributed by atoms with Gasteiger partial charge in [0.2, 0.25) is 5.91 Å². The monoisotopic (exact) mass is 642 g/mol. The van der Waals surface area contributed by atoms with Gasteiger partial charge in [0, 0.05) is 19.3 Å². The van der Waals surface area contributed by atoms with E-state index in [1.807, 2.05) is 0 Å². The van der Waals surface area contributed by atoms with Crippen molar-refractivity contribution in [2.75, 3.05) is 37.7 Å². The molecule has 2 aromatic carbocycles. The number of benzene rings is 2. The van der Waals surface area contributed by atoms with Gasteiger partial charge in [-0.2, -0.15) is 13.2 Å². The number of amides is 1. The maximum Gasteiger partial charge on any atom is 0.416 e. The lowest BCUT2D eigenvalue weighted by molar-refractivity contribution is -0.137. The van der Waals surface area contributed by atoms with Gasteiger partial charge in [0.05, 0.1) is 28.9 Å². The van der Waals surface area contributed by atoms with Gasteiger partial charge in [-0.25, -0.2) is 22.8 Å². The predicted octanol–water partition coefficient (Wildman–Crippen LogP) is 5.23. The number of nitrogens with zero attached hydrogens (tertiary/aromatic N) is 4. The molecular weight excluding hydrogens is 612 g/mol.